The van der Waals surface area contributed by atoms with E-state index in [0.29, 0.717) is 29.3 Å². The lowest BCUT2D eigenvalue weighted by molar-refractivity contribution is 0.395. The van der Waals surface area contributed by atoms with E-state index in [1.165, 1.54) is 20.3 Å². The molecule has 0 aliphatic heterocycles. The lowest BCUT2D eigenvalue weighted by atomic mass is 10.1. The van der Waals surface area contributed by atoms with E-state index in [1.807, 2.05) is 0 Å². The van der Waals surface area contributed by atoms with Gasteiger partial charge in [0.15, 0.2) is 0 Å². The Balaban J connectivity index is 2.68. The second-order valence-electron chi connectivity index (χ2n) is 5.31. The molecule has 0 atom stereocenters. The Morgan fingerprint density at radius 1 is 1.35 bits per heavy atom. The second-order valence-corrected chi connectivity index (χ2v) is 5.31. The summed E-state index contributed by atoms with van der Waals surface area (Å²) in [6, 6.07) is 5.05. The molecular weight excluding hydrogens is 338 g/mol. The maximum absolute atomic E-state index is 12.3. The Morgan fingerprint density at radius 3 is 2.65 bits per heavy atom. The maximum Gasteiger partial charge on any atom is 0.331 e. The molecule has 0 amide bonds. The predicted octanol–water partition coefficient (Wildman–Crippen LogP) is 1.98. The van der Waals surface area contributed by atoms with Crippen molar-refractivity contribution in [2.45, 2.75) is 19.9 Å². The first-order chi connectivity index (χ1) is 12.5. The molecule has 0 saturated heterocycles. The number of methoxy groups -OCH3 is 2. The largest absolute Gasteiger partial charge is 0.497 e. The van der Waals surface area contributed by atoms with Crippen LogP contribution in [0.5, 0.6) is 17.4 Å². The topological polar surface area (TPSA) is 106 Å². The number of rotatable bonds is 7. The molecule has 1 heterocycles. The van der Waals surface area contributed by atoms with Crippen molar-refractivity contribution in [1.29, 1.82) is 0 Å². The molecule has 0 aliphatic rings. The SMILES string of the molecule is C=CCn1c(O)c(C(CC)=Nc2ccc(OC)cc2OC)c(=O)[nH]c1=O. The molecule has 0 radical (unpaired) electrons. The molecule has 2 rings (SSSR count). The smallest absolute Gasteiger partial charge is 0.331 e. The number of hydrogen-bond donors (Lipinski definition) is 2. The molecule has 8 heteroatoms. The van der Waals surface area contributed by atoms with Crippen LogP contribution in [0.15, 0.2) is 45.4 Å². The highest BCUT2D eigenvalue weighted by molar-refractivity contribution is 6.03. The van der Waals surface area contributed by atoms with Gasteiger partial charge in [0.2, 0.25) is 5.88 Å². The van der Waals surface area contributed by atoms with Gasteiger partial charge < -0.3 is 14.6 Å². The Bertz CT molecular complexity index is 956. The second kappa shape index (κ2) is 8.19. The van der Waals surface area contributed by atoms with Crippen LogP contribution in [0, 0.1) is 0 Å². The van der Waals surface area contributed by atoms with Gasteiger partial charge in [-0.15, -0.1) is 6.58 Å². The molecule has 138 valence electrons. The third kappa shape index (κ3) is 3.69. The van der Waals surface area contributed by atoms with Crippen LogP contribution in [0.25, 0.3) is 0 Å². The zero-order valence-corrected chi connectivity index (χ0v) is 14.9. The Morgan fingerprint density at radius 2 is 2.08 bits per heavy atom. The minimum absolute atomic E-state index is 0.0529. The van der Waals surface area contributed by atoms with Gasteiger partial charge in [0.05, 0.1) is 19.9 Å². The average Bonchev–Trinajstić information content (AvgIpc) is 2.64. The summed E-state index contributed by atoms with van der Waals surface area (Å²) in [6.07, 6.45) is 1.79. The van der Waals surface area contributed by atoms with Crippen LogP contribution in [-0.4, -0.2) is 34.6 Å². The van der Waals surface area contributed by atoms with E-state index in [2.05, 4.69) is 16.6 Å². The zero-order valence-electron chi connectivity index (χ0n) is 14.9. The van der Waals surface area contributed by atoms with Gasteiger partial charge in [-0.2, -0.15) is 0 Å². The Labute approximate surface area is 150 Å². The van der Waals surface area contributed by atoms with Crippen molar-refractivity contribution in [3.63, 3.8) is 0 Å². The molecule has 0 fully saturated rings. The standard InChI is InChI=1S/C18H21N3O5/c1-5-9-21-17(23)15(16(22)20-18(21)24)12(6-2)19-13-8-7-11(25-3)10-14(13)26-4/h5,7-8,10,23H,1,6,9H2,2-4H3,(H,20,22,24). The number of allylic oxidation sites excluding steroid dienone is 1. The number of hydrogen-bond acceptors (Lipinski definition) is 6. The monoisotopic (exact) mass is 359 g/mol. The molecular formula is C18H21N3O5. The minimum atomic E-state index is -0.714. The molecule has 0 saturated carbocycles. The molecule has 2 N–H and O–H groups in total. The van der Waals surface area contributed by atoms with Crippen LogP contribution in [-0.2, 0) is 6.54 Å². The van der Waals surface area contributed by atoms with E-state index in [4.69, 9.17) is 9.47 Å². The van der Waals surface area contributed by atoms with Gasteiger partial charge in [-0.3, -0.25) is 14.3 Å². The van der Waals surface area contributed by atoms with E-state index in [9.17, 15) is 14.7 Å². The van der Waals surface area contributed by atoms with E-state index >= 15 is 0 Å². The normalized spacial score (nSPS) is 11.3. The van der Waals surface area contributed by atoms with Crippen LogP contribution in [0.3, 0.4) is 0 Å². The highest BCUT2D eigenvalue weighted by atomic mass is 16.5. The summed E-state index contributed by atoms with van der Waals surface area (Å²) in [5.74, 6) is 0.594. The molecule has 1 aromatic heterocycles. The van der Waals surface area contributed by atoms with E-state index in [-0.39, 0.29) is 12.1 Å². The van der Waals surface area contributed by atoms with Gasteiger partial charge in [-0.1, -0.05) is 13.0 Å². The number of H-pyrrole nitrogens is 1. The fourth-order valence-corrected chi connectivity index (χ4v) is 2.45. The Kier molecular flexibility index (Phi) is 6.00. The zero-order chi connectivity index (χ0) is 19.3. The molecule has 26 heavy (non-hydrogen) atoms. The highest BCUT2D eigenvalue weighted by Crippen LogP contribution is 2.32. The number of aromatic nitrogens is 2. The maximum atomic E-state index is 12.3. The van der Waals surface area contributed by atoms with Gasteiger partial charge in [0, 0.05) is 12.6 Å². The average molecular weight is 359 g/mol. The lowest BCUT2D eigenvalue weighted by Crippen LogP contribution is -2.33. The van der Waals surface area contributed by atoms with Crippen molar-refractivity contribution in [3.8, 4) is 17.4 Å². The fraction of sp³-hybridized carbons (Fsp3) is 0.278. The Hall–Kier alpha value is -3.29. The van der Waals surface area contributed by atoms with Gasteiger partial charge >= 0.3 is 5.69 Å². The van der Waals surface area contributed by atoms with Crippen LogP contribution in [0.2, 0.25) is 0 Å². The summed E-state index contributed by atoms with van der Waals surface area (Å²) in [6.45, 7) is 5.38. The molecule has 0 unspecified atom stereocenters. The van der Waals surface area contributed by atoms with Gasteiger partial charge in [-0.25, -0.2) is 9.79 Å². The van der Waals surface area contributed by atoms with E-state index < -0.39 is 17.1 Å². The molecule has 2 aromatic rings. The van der Waals surface area contributed by atoms with Gasteiger partial charge in [0.1, 0.15) is 22.7 Å². The third-order valence-corrected chi connectivity index (χ3v) is 3.75. The number of ether oxygens (including phenoxy) is 2. The van der Waals surface area contributed by atoms with E-state index in [0.717, 1.165) is 4.57 Å². The number of benzene rings is 1. The third-order valence-electron chi connectivity index (χ3n) is 3.75. The first-order valence-electron chi connectivity index (χ1n) is 7.93. The summed E-state index contributed by atoms with van der Waals surface area (Å²) in [5.41, 5.74) is -0.711. The van der Waals surface area contributed by atoms with Crippen LogP contribution in [0.1, 0.15) is 18.9 Å². The summed E-state index contributed by atoms with van der Waals surface area (Å²) >= 11 is 0. The van der Waals surface area contributed by atoms with Crippen molar-refractivity contribution >= 4 is 11.4 Å². The summed E-state index contributed by atoms with van der Waals surface area (Å²) < 4.78 is 11.5. The van der Waals surface area contributed by atoms with Crippen molar-refractivity contribution in [2.24, 2.45) is 4.99 Å². The number of nitrogens with zero attached hydrogens (tertiary/aromatic N) is 2. The van der Waals surface area contributed by atoms with Crippen LogP contribution >= 0.6 is 0 Å². The fourth-order valence-electron chi connectivity index (χ4n) is 2.45. The molecule has 0 spiro atoms. The molecule has 0 bridgehead atoms. The van der Waals surface area contributed by atoms with Crippen LogP contribution < -0.4 is 20.7 Å². The number of aliphatic imine (C=N–C) groups is 1. The summed E-state index contributed by atoms with van der Waals surface area (Å²) in [4.78, 5) is 30.8. The summed E-state index contributed by atoms with van der Waals surface area (Å²) in [7, 11) is 3.03. The van der Waals surface area contributed by atoms with Gasteiger partial charge in [-0.05, 0) is 18.6 Å². The van der Waals surface area contributed by atoms with E-state index in [1.54, 1.807) is 25.1 Å². The highest BCUT2D eigenvalue weighted by Gasteiger charge is 2.18. The van der Waals surface area contributed by atoms with Crippen LogP contribution in [0.4, 0.5) is 5.69 Å². The lowest BCUT2D eigenvalue weighted by Gasteiger charge is -2.12. The first-order valence-corrected chi connectivity index (χ1v) is 7.93. The quantitative estimate of drug-likeness (QED) is 0.581. The number of aromatic hydroxyl groups is 1. The summed E-state index contributed by atoms with van der Waals surface area (Å²) in [5, 5.41) is 10.4. The van der Waals surface area contributed by atoms with Crippen molar-refractivity contribution in [1.82, 2.24) is 9.55 Å². The molecule has 8 nitrogen and oxygen atoms in total. The number of aromatic amines is 1. The minimum Gasteiger partial charge on any atom is -0.497 e. The molecule has 0 aliphatic carbocycles. The van der Waals surface area contributed by atoms with Crippen molar-refractivity contribution in [3.05, 3.63) is 57.3 Å². The first kappa shape index (κ1) is 19.0. The van der Waals surface area contributed by atoms with Gasteiger partial charge in [0.25, 0.3) is 5.56 Å². The molecule has 1 aromatic carbocycles. The number of nitrogens with one attached hydrogen (secondary N) is 1. The van der Waals surface area contributed by atoms with Crippen molar-refractivity contribution < 1.29 is 14.6 Å². The van der Waals surface area contributed by atoms with Crippen molar-refractivity contribution in [2.75, 3.05) is 14.2 Å². The predicted molar refractivity (Wildman–Crippen MR) is 99.2 cm³/mol.